The SMILES string of the molecule is O=S(=O)(C1CC1)[C@H]1C[C@@H](O)C1. The van der Waals surface area contributed by atoms with Gasteiger partial charge in [-0.25, -0.2) is 8.42 Å². The van der Waals surface area contributed by atoms with Gasteiger partial charge in [0.15, 0.2) is 9.84 Å². The summed E-state index contributed by atoms with van der Waals surface area (Å²) in [6, 6.07) is 0. The van der Waals surface area contributed by atoms with Gasteiger partial charge >= 0.3 is 0 Å². The van der Waals surface area contributed by atoms with Crippen molar-refractivity contribution in [3.05, 3.63) is 0 Å². The van der Waals surface area contributed by atoms with Gasteiger partial charge in [0.2, 0.25) is 0 Å². The van der Waals surface area contributed by atoms with Gasteiger partial charge in [0.25, 0.3) is 0 Å². The largest absolute Gasteiger partial charge is 0.393 e. The van der Waals surface area contributed by atoms with Gasteiger partial charge in [0.05, 0.1) is 16.6 Å². The van der Waals surface area contributed by atoms with E-state index in [0.29, 0.717) is 12.8 Å². The molecule has 3 nitrogen and oxygen atoms in total. The van der Waals surface area contributed by atoms with Gasteiger partial charge in [-0.05, 0) is 25.7 Å². The van der Waals surface area contributed by atoms with E-state index in [1.165, 1.54) is 0 Å². The highest BCUT2D eigenvalue weighted by atomic mass is 32.2. The summed E-state index contributed by atoms with van der Waals surface area (Å²) in [4.78, 5) is 0. The Balaban J connectivity index is 2.04. The first kappa shape index (κ1) is 7.55. The molecule has 0 bridgehead atoms. The summed E-state index contributed by atoms with van der Waals surface area (Å²) in [6.07, 6.45) is 2.27. The highest BCUT2D eigenvalue weighted by Crippen LogP contribution is 2.38. The van der Waals surface area contributed by atoms with Gasteiger partial charge in [-0.3, -0.25) is 0 Å². The van der Waals surface area contributed by atoms with Gasteiger partial charge in [0, 0.05) is 0 Å². The number of aliphatic hydroxyl groups excluding tert-OH is 1. The van der Waals surface area contributed by atoms with Crippen LogP contribution in [0.2, 0.25) is 0 Å². The Bertz CT molecular complexity index is 247. The quantitative estimate of drug-likeness (QED) is 0.648. The minimum Gasteiger partial charge on any atom is -0.393 e. The number of hydrogen-bond donors (Lipinski definition) is 1. The first-order valence-electron chi connectivity index (χ1n) is 4.01. The number of hydrogen-bond acceptors (Lipinski definition) is 3. The molecule has 2 saturated carbocycles. The van der Waals surface area contributed by atoms with E-state index in [4.69, 9.17) is 5.11 Å². The summed E-state index contributed by atoms with van der Waals surface area (Å²) in [5.74, 6) is 0. The van der Waals surface area contributed by atoms with Crippen molar-refractivity contribution in [3.8, 4) is 0 Å². The highest BCUT2D eigenvalue weighted by molar-refractivity contribution is 7.93. The first-order valence-corrected chi connectivity index (χ1v) is 5.62. The first-order chi connectivity index (χ1) is 5.10. The lowest BCUT2D eigenvalue weighted by Gasteiger charge is -2.30. The maximum absolute atomic E-state index is 11.4. The molecule has 2 fully saturated rings. The van der Waals surface area contributed by atoms with Gasteiger partial charge in [-0.1, -0.05) is 0 Å². The summed E-state index contributed by atoms with van der Waals surface area (Å²) < 4.78 is 22.8. The predicted octanol–water partition coefficient (Wildman–Crippen LogP) is 0.0869. The molecule has 0 unspecified atom stereocenters. The average Bonchev–Trinajstić information content (AvgIpc) is 2.60. The Hall–Kier alpha value is -0.0900. The minimum atomic E-state index is -2.82. The number of rotatable bonds is 2. The maximum Gasteiger partial charge on any atom is 0.156 e. The van der Waals surface area contributed by atoms with Gasteiger partial charge < -0.3 is 5.11 Å². The van der Waals surface area contributed by atoms with Gasteiger partial charge in [0.1, 0.15) is 0 Å². The molecular formula is C7H12O3S. The second-order valence-electron chi connectivity index (χ2n) is 3.54. The normalized spacial score (nSPS) is 38.3. The van der Waals surface area contributed by atoms with Crippen LogP contribution >= 0.6 is 0 Å². The fourth-order valence-corrected chi connectivity index (χ4v) is 3.79. The zero-order valence-corrected chi connectivity index (χ0v) is 7.05. The predicted molar refractivity (Wildman–Crippen MR) is 41.0 cm³/mol. The third-order valence-corrected chi connectivity index (χ3v) is 5.24. The van der Waals surface area contributed by atoms with Crippen molar-refractivity contribution >= 4 is 9.84 Å². The zero-order valence-electron chi connectivity index (χ0n) is 6.23. The van der Waals surface area contributed by atoms with E-state index in [2.05, 4.69) is 0 Å². The maximum atomic E-state index is 11.4. The summed E-state index contributed by atoms with van der Waals surface area (Å²) in [5, 5.41) is 8.65. The van der Waals surface area contributed by atoms with Crippen molar-refractivity contribution in [2.75, 3.05) is 0 Å². The topological polar surface area (TPSA) is 54.4 Å². The molecule has 0 saturated heterocycles. The van der Waals surface area contributed by atoms with Crippen LogP contribution in [0.15, 0.2) is 0 Å². The van der Waals surface area contributed by atoms with Crippen LogP contribution in [0.5, 0.6) is 0 Å². The van der Waals surface area contributed by atoms with Crippen molar-refractivity contribution in [2.45, 2.75) is 42.3 Å². The molecule has 0 heterocycles. The van der Waals surface area contributed by atoms with Gasteiger partial charge in [-0.2, -0.15) is 0 Å². The van der Waals surface area contributed by atoms with Crippen LogP contribution in [0, 0.1) is 0 Å². The van der Waals surface area contributed by atoms with E-state index in [1.807, 2.05) is 0 Å². The fourth-order valence-electron chi connectivity index (χ4n) is 1.47. The van der Waals surface area contributed by atoms with E-state index in [1.54, 1.807) is 0 Å². The Morgan fingerprint density at radius 1 is 1.09 bits per heavy atom. The molecule has 0 aromatic carbocycles. The number of sulfone groups is 1. The molecule has 2 aliphatic carbocycles. The van der Waals surface area contributed by atoms with Crippen LogP contribution in [-0.4, -0.2) is 30.1 Å². The summed E-state index contributed by atoms with van der Waals surface area (Å²) in [5.41, 5.74) is 0. The molecule has 2 aliphatic rings. The second kappa shape index (κ2) is 2.20. The third kappa shape index (κ3) is 1.18. The van der Waals surface area contributed by atoms with E-state index >= 15 is 0 Å². The summed E-state index contributed by atoms with van der Waals surface area (Å²) in [6.45, 7) is 0. The Morgan fingerprint density at radius 3 is 2.00 bits per heavy atom. The molecule has 64 valence electrons. The van der Waals surface area contributed by atoms with Crippen molar-refractivity contribution in [1.29, 1.82) is 0 Å². The summed E-state index contributed by atoms with van der Waals surface area (Å²) in [7, 11) is -2.82. The van der Waals surface area contributed by atoms with Crippen molar-refractivity contribution in [3.63, 3.8) is 0 Å². The molecule has 11 heavy (non-hydrogen) atoms. The van der Waals surface area contributed by atoms with E-state index in [-0.39, 0.29) is 16.6 Å². The molecule has 0 radical (unpaired) electrons. The lowest BCUT2D eigenvalue weighted by atomic mass is 9.96. The van der Waals surface area contributed by atoms with E-state index < -0.39 is 9.84 Å². The Morgan fingerprint density at radius 2 is 1.64 bits per heavy atom. The van der Waals surface area contributed by atoms with Crippen LogP contribution in [-0.2, 0) is 9.84 Å². The van der Waals surface area contributed by atoms with Crippen LogP contribution < -0.4 is 0 Å². The van der Waals surface area contributed by atoms with Crippen LogP contribution in [0.3, 0.4) is 0 Å². The minimum absolute atomic E-state index is 0.0556. The van der Waals surface area contributed by atoms with Crippen LogP contribution in [0.25, 0.3) is 0 Å². The molecule has 0 aliphatic heterocycles. The molecular weight excluding hydrogens is 164 g/mol. The number of aliphatic hydroxyl groups is 1. The molecule has 1 N–H and O–H groups in total. The van der Waals surface area contributed by atoms with Crippen molar-refractivity contribution < 1.29 is 13.5 Å². The average molecular weight is 176 g/mol. The molecule has 2 rings (SSSR count). The van der Waals surface area contributed by atoms with E-state index in [0.717, 1.165) is 12.8 Å². The third-order valence-electron chi connectivity index (χ3n) is 2.52. The molecule has 0 amide bonds. The fraction of sp³-hybridized carbons (Fsp3) is 1.00. The lowest BCUT2D eigenvalue weighted by Crippen LogP contribution is -2.40. The summed E-state index contributed by atoms with van der Waals surface area (Å²) >= 11 is 0. The zero-order chi connectivity index (χ0) is 8.06. The molecule has 0 spiro atoms. The van der Waals surface area contributed by atoms with Crippen LogP contribution in [0.1, 0.15) is 25.7 Å². The highest BCUT2D eigenvalue weighted by Gasteiger charge is 2.46. The molecule has 0 aromatic rings. The molecule has 4 heteroatoms. The second-order valence-corrected chi connectivity index (χ2v) is 6.05. The van der Waals surface area contributed by atoms with Crippen molar-refractivity contribution in [1.82, 2.24) is 0 Å². The monoisotopic (exact) mass is 176 g/mol. The Kier molecular flexibility index (Phi) is 1.51. The van der Waals surface area contributed by atoms with Crippen LogP contribution in [0.4, 0.5) is 0 Å². The Labute approximate surface area is 66.3 Å². The smallest absolute Gasteiger partial charge is 0.156 e. The molecule has 0 atom stereocenters. The van der Waals surface area contributed by atoms with E-state index in [9.17, 15) is 8.42 Å². The molecule has 0 aromatic heterocycles. The van der Waals surface area contributed by atoms with Crippen molar-refractivity contribution in [2.24, 2.45) is 0 Å². The standard InChI is InChI=1S/C7H12O3S/c8-5-3-7(4-5)11(9,10)6-1-2-6/h5-8H,1-4H2/t5-,7+. The lowest BCUT2D eigenvalue weighted by molar-refractivity contribution is 0.0976. The van der Waals surface area contributed by atoms with Gasteiger partial charge in [-0.15, -0.1) is 0 Å².